The van der Waals surface area contributed by atoms with Crippen LogP contribution < -0.4 is 5.43 Å². The van der Waals surface area contributed by atoms with Crippen LogP contribution in [0.5, 0.6) is 0 Å². The standard InChI is InChI=1S/C16H15N3O3S/c1-12(23-14-8-3-2-4-9-14)16(20)18-17-11-13-7-5-6-10-15(13)19(21)22/h2-12H,1H3,(H,18,20)/b17-11-/t12-/m1/s1. The zero-order chi connectivity index (χ0) is 16.7. The van der Waals surface area contributed by atoms with Gasteiger partial charge in [0.2, 0.25) is 0 Å². The summed E-state index contributed by atoms with van der Waals surface area (Å²) in [7, 11) is 0. The average Bonchev–Trinajstić information content (AvgIpc) is 2.56. The molecule has 1 atom stereocenters. The second kappa shape index (κ2) is 8.09. The fourth-order valence-electron chi connectivity index (χ4n) is 1.78. The van der Waals surface area contributed by atoms with Gasteiger partial charge < -0.3 is 0 Å². The van der Waals surface area contributed by atoms with E-state index in [9.17, 15) is 14.9 Å². The van der Waals surface area contributed by atoms with E-state index in [2.05, 4.69) is 10.5 Å². The lowest BCUT2D eigenvalue weighted by atomic mass is 10.2. The maximum Gasteiger partial charge on any atom is 0.278 e. The van der Waals surface area contributed by atoms with Gasteiger partial charge in [-0.05, 0) is 25.1 Å². The molecule has 0 radical (unpaired) electrons. The highest BCUT2D eigenvalue weighted by Crippen LogP contribution is 2.22. The second-order valence-corrected chi connectivity index (χ2v) is 6.04. The van der Waals surface area contributed by atoms with Crippen molar-refractivity contribution in [2.24, 2.45) is 5.10 Å². The molecule has 0 bridgehead atoms. The lowest BCUT2D eigenvalue weighted by molar-refractivity contribution is -0.385. The minimum Gasteiger partial charge on any atom is -0.272 e. The van der Waals surface area contributed by atoms with Crippen LogP contribution in [0.2, 0.25) is 0 Å². The van der Waals surface area contributed by atoms with Crippen molar-refractivity contribution in [1.29, 1.82) is 0 Å². The van der Waals surface area contributed by atoms with Gasteiger partial charge in [0.1, 0.15) is 0 Å². The largest absolute Gasteiger partial charge is 0.278 e. The summed E-state index contributed by atoms with van der Waals surface area (Å²) in [6.07, 6.45) is 1.27. The molecule has 0 aromatic heterocycles. The van der Waals surface area contributed by atoms with Crippen molar-refractivity contribution in [2.75, 3.05) is 0 Å². The second-order valence-electron chi connectivity index (χ2n) is 4.62. The summed E-state index contributed by atoms with van der Waals surface area (Å²) in [4.78, 5) is 23.4. The summed E-state index contributed by atoms with van der Waals surface area (Å²) < 4.78 is 0. The molecular formula is C16H15N3O3S. The van der Waals surface area contributed by atoms with Gasteiger partial charge >= 0.3 is 0 Å². The molecule has 118 valence electrons. The lowest BCUT2D eigenvalue weighted by Crippen LogP contribution is -2.26. The Balaban J connectivity index is 1.95. The van der Waals surface area contributed by atoms with Crippen LogP contribution in [0.15, 0.2) is 64.6 Å². The van der Waals surface area contributed by atoms with E-state index in [1.807, 2.05) is 30.3 Å². The third-order valence-corrected chi connectivity index (χ3v) is 4.05. The Morgan fingerprint density at radius 2 is 1.87 bits per heavy atom. The monoisotopic (exact) mass is 329 g/mol. The average molecular weight is 329 g/mol. The van der Waals surface area contributed by atoms with Crippen molar-refractivity contribution in [3.05, 3.63) is 70.3 Å². The summed E-state index contributed by atoms with van der Waals surface area (Å²) in [5.41, 5.74) is 2.68. The number of nitrogens with zero attached hydrogens (tertiary/aromatic N) is 2. The Morgan fingerprint density at radius 1 is 1.22 bits per heavy atom. The van der Waals surface area contributed by atoms with Crippen LogP contribution in [-0.2, 0) is 4.79 Å². The van der Waals surface area contributed by atoms with E-state index in [0.717, 1.165) is 4.90 Å². The number of hydrogen-bond donors (Lipinski definition) is 1. The number of amides is 1. The van der Waals surface area contributed by atoms with Crippen LogP contribution in [0.25, 0.3) is 0 Å². The van der Waals surface area contributed by atoms with Crippen molar-refractivity contribution in [3.8, 4) is 0 Å². The van der Waals surface area contributed by atoms with Gasteiger partial charge in [0.15, 0.2) is 0 Å². The number of hydrogen-bond acceptors (Lipinski definition) is 5. The molecule has 0 aliphatic rings. The topological polar surface area (TPSA) is 84.6 Å². The van der Waals surface area contributed by atoms with Gasteiger partial charge in [-0.3, -0.25) is 14.9 Å². The van der Waals surface area contributed by atoms with Gasteiger partial charge in [0, 0.05) is 11.0 Å². The fourth-order valence-corrected chi connectivity index (χ4v) is 2.66. The number of rotatable bonds is 6. The first-order valence-electron chi connectivity index (χ1n) is 6.86. The summed E-state index contributed by atoms with van der Waals surface area (Å²) in [5, 5.41) is 14.4. The van der Waals surface area contributed by atoms with Crippen LogP contribution in [0.3, 0.4) is 0 Å². The van der Waals surface area contributed by atoms with Crippen molar-refractivity contribution in [3.63, 3.8) is 0 Å². The first kappa shape index (κ1) is 16.7. The molecule has 0 heterocycles. The number of carbonyl (C=O) groups excluding carboxylic acids is 1. The van der Waals surface area contributed by atoms with E-state index in [1.165, 1.54) is 24.0 Å². The maximum absolute atomic E-state index is 12.0. The quantitative estimate of drug-likeness (QED) is 0.382. The summed E-state index contributed by atoms with van der Waals surface area (Å²) in [6, 6.07) is 15.8. The molecule has 1 amide bonds. The molecular weight excluding hydrogens is 314 g/mol. The molecule has 0 spiro atoms. The van der Waals surface area contributed by atoms with Crippen LogP contribution in [0.4, 0.5) is 5.69 Å². The van der Waals surface area contributed by atoms with Crippen molar-refractivity contribution >= 4 is 29.6 Å². The van der Waals surface area contributed by atoms with E-state index >= 15 is 0 Å². The highest BCUT2D eigenvalue weighted by molar-refractivity contribution is 8.00. The Bertz CT molecular complexity index is 720. The van der Waals surface area contributed by atoms with Crippen LogP contribution in [-0.4, -0.2) is 22.3 Å². The predicted octanol–water partition coefficient (Wildman–Crippen LogP) is 3.23. The Morgan fingerprint density at radius 3 is 2.57 bits per heavy atom. The van der Waals surface area contributed by atoms with Crippen molar-refractivity contribution in [2.45, 2.75) is 17.1 Å². The van der Waals surface area contributed by atoms with Crippen LogP contribution in [0, 0.1) is 10.1 Å². The number of thioether (sulfide) groups is 1. The van der Waals surface area contributed by atoms with Gasteiger partial charge in [0.05, 0.1) is 22.0 Å². The zero-order valence-electron chi connectivity index (χ0n) is 12.4. The molecule has 2 rings (SSSR count). The number of hydrazone groups is 1. The van der Waals surface area contributed by atoms with Gasteiger partial charge in [-0.2, -0.15) is 5.10 Å². The normalized spacial score (nSPS) is 12.0. The molecule has 0 aliphatic heterocycles. The number of para-hydroxylation sites is 1. The van der Waals surface area contributed by atoms with Crippen molar-refractivity contribution in [1.82, 2.24) is 5.43 Å². The minimum atomic E-state index is -0.489. The fraction of sp³-hybridized carbons (Fsp3) is 0.125. The number of nitrogens with one attached hydrogen (secondary N) is 1. The molecule has 0 unspecified atom stereocenters. The molecule has 2 aromatic rings. The highest BCUT2D eigenvalue weighted by atomic mass is 32.2. The maximum atomic E-state index is 12.0. The molecule has 6 nitrogen and oxygen atoms in total. The van der Waals surface area contributed by atoms with Gasteiger partial charge in [-0.25, -0.2) is 5.43 Å². The van der Waals surface area contributed by atoms with E-state index in [4.69, 9.17) is 0 Å². The predicted molar refractivity (Wildman–Crippen MR) is 90.6 cm³/mol. The molecule has 7 heteroatoms. The van der Waals surface area contributed by atoms with E-state index in [0.29, 0.717) is 5.56 Å². The van der Waals surface area contributed by atoms with Crippen LogP contribution >= 0.6 is 11.8 Å². The number of nitro benzene ring substituents is 1. The highest BCUT2D eigenvalue weighted by Gasteiger charge is 2.14. The minimum absolute atomic E-state index is 0.0581. The first-order valence-corrected chi connectivity index (χ1v) is 7.74. The molecule has 23 heavy (non-hydrogen) atoms. The molecule has 0 saturated heterocycles. The van der Waals surface area contributed by atoms with Crippen LogP contribution in [0.1, 0.15) is 12.5 Å². The van der Waals surface area contributed by atoms with Gasteiger partial charge in [-0.1, -0.05) is 30.3 Å². The van der Waals surface area contributed by atoms with Crippen molar-refractivity contribution < 1.29 is 9.72 Å². The van der Waals surface area contributed by atoms with E-state index < -0.39 is 4.92 Å². The number of carbonyl (C=O) groups is 1. The molecule has 0 aliphatic carbocycles. The Kier molecular flexibility index (Phi) is 5.87. The Hall–Kier alpha value is -2.67. The molecule has 0 saturated carbocycles. The lowest BCUT2D eigenvalue weighted by Gasteiger charge is -2.08. The molecule has 2 aromatic carbocycles. The zero-order valence-corrected chi connectivity index (χ0v) is 13.2. The third-order valence-electron chi connectivity index (χ3n) is 2.94. The molecule has 1 N–H and O–H groups in total. The summed E-state index contributed by atoms with van der Waals surface area (Å²) >= 11 is 1.41. The molecule has 0 fully saturated rings. The van der Waals surface area contributed by atoms with Gasteiger partial charge in [-0.15, -0.1) is 11.8 Å². The van der Waals surface area contributed by atoms with E-state index in [1.54, 1.807) is 25.1 Å². The number of benzene rings is 2. The van der Waals surface area contributed by atoms with E-state index in [-0.39, 0.29) is 16.8 Å². The first-order chi connectivity index (χ1) is 11.1. The number of nitro groups is 1. The third kappa shape index (κ3) is 4.93. The smallest absolute Gasteiger partial charge is 0.272 e. The summed E-state index contributed by atoms with van der Waals surface area (Å²) in [5.74, 6) is -0.270. The summed E-state index contributed by atoms with van der Waals surface area (Å²) in [6.45, 7) is 1.77. The van der Waals surface area contributed by atoms with Gasteiger partial charge in [0.25, 0.3) is 11.6 Å². The SMILES string of the molecule is C[C@@H](Sc1ccccc1)C(=O)N/N=C\c1ccccc1[N+](=O)[O-]. The Labute approximate surface area is 137 Å².